The number of nitrogens with zero attached hydrogens (tertiary/aromatic N) is 3. The Morgan fingerprint density at radius 1 is 1.36 bits per heavy atom. The lowest BCUT2D eigenvalue weighted by Gasteiger charge is -2.07. The molecular formula is C14H12F2N6OS2. The number of hydrogen-bond acceptors (Lipinski definition) is 7. The van der Waals surface area contributed by atoms with E-state index in [0.717, 1.165) is 23.9 Å². The summed E-state index contributed by atoms with van der Waals surface area (Å²) < 4.78 is 26.3. The van der Waals surface area contributed by atoms with Gasteiger partial charge in [-0.15, -0.1) is 16.4 Å². The van der Waals surface area contributed by atoms with Gasteiger partial charge < -0.3 is 11.1 Å². The minimum absolute atomic E-state index is 0.172. The Morgan fingerprint density at radius 2 is 2.16 bits per heavy atom. The number of carbonyl (C=O) groups is 1. The van der Waals surface area contributed by atoms with E-state index < -0.39 is 16.9 Å². The van der Waals surface area contributed by atoms with Gasteiger partial charge in [-0.05, 0) is 25.1 Å². The highest BCUT2D eigenvalue weighted by Crippen LogP contribution is 2.27. The van der Waals surface area contributed by atoms with E-state index in [9.17, 15) is 13.6 Å². The van der Waals surface area contributed by atoms with Crippen molar-refractivity contribution < 1.29 is 13.6 Å². The van der Waals surface area contributed by atoms with Crippen LogP contribution in [0, 0.1) is 11.6 Å². The summed E-state index contributed by atoms with van der Waals surface area (Å²) in [6.45, 7) is 1.69. The molecule has 1 atom stereocenters. The number of halogens is 2. The number of hydrogen-bond donors (Lipinski definition) is 3. The summed E-state index contributed by atoms with van der Waals surface area (Å²) in [5, 5.41) is 10.9. The van der Waals surface area contributed by atoms with Crippen molar-refractivity contribution in [3.63, 3.8) is 0 Å². The number of benzene rings is 1. The molecule has 3 rings (SSSR count). The first-order valence-corrected chi connectivity index (χ1v) is 8.74. The molecule has 0 saturated carbocycles. The zero-order chi connectivity index (χ0) is 18.0. The average molecular weight is 382 g/mol. The molecule has 2 heterocycles. The molecule has 0 fully saturated rings. The molecule has 0 bridgehead atoms. The third kappa shape index (κ3) is 4.12. The lowest BCUT2D eigenvalue weighted by molar-refractivity contribution is -0.115. The molecule has 0 unspecified atom stereocenters. The number of nitrogens with two attached hydrogens (primary N) is 1. The first-order chi connectivity index (χ1) is 11.9. The van der Waals surface area contributed by atoms with E-state index in [-0.39, 0.29) is 11.9 Å². The van der Waals surface area contributed by atoms with E-state index in [1.807, 2.05) is 0 Å². The van der Waals surface area contributed by atoms with Crippen LogP contribution in [0.5, 0.6) is 0 Å². The summed E-state index contributed by atoms with van der Waals surface area (Å²) in [5.74, 6) is -2.00. The summed E-state index contributed by atoms with van der Waals surface area (Å²) in [6.07, 6.45) is 0. The molecule has 0 aliphatic heterocycles. The predicted octanol–water partition coefficient (Wildman–Crippen LogP) is 2.91. The van der Waals surface area contributed by atoms with Gasteiger partial charge in [0.05, 0.1) is 10.9 Å². The Kier molecular flexibility index (Phi) is 4.95. The van der Waals surface area contributed by atoms with E-state index in [0.29, 0.717) is 21.5 Å². The summed E-state index contributed by atoms with van der Waals surface area (Å²) in [7, 11) is 0. The predicted molar refractivity (Wildman–Crippen MR) is 92.2 cm³/mol. The molecule has 11 heteroatoms. The summed E-state index contributed by atoms with van der Waals surface area (Å²) in [4.78, 5) is 20.3. The van der Waals surface area contributed by atoms with E-state index in [2.05, 4.69) is 25.5 Å². The minimum Gasteiger partial charge on any atom is -0.368 e. The first-order valence-electron chi connectivity index (χ1n) is 6.98. The third-order valence-electron chi connectivity index (χ3n) is 3.08. The van der Waals surface area contributed by atoms with Crippen molar-refractivity contribution in [1.82, 2.24) is 20.2 Å². The van der Waals surface area contributed by atoms with Crippen LogP contribution in [0.25, 0.3) is 11.3 Å². The Labute approximate surface area is 149 Å². The number of H-pyrrole nitrogens is 1. The van der Waals surface area contributed by atoms with E-state index in [4.69, 9.17) is 5.73 Å². The largest absolute Gasteiger partial charge is 0.368 e. The van der Waals surface area contributed by atoms with Gasteiger partial charge in [0.15, 0.2) is 16.8 Å². The summed E-state index contributed by atoms with van der Waals surface area (Å²) >= 11 is 2.32. The van der Waals surface area contributed by atoms with E-state index in [1.54, 1.807) is 12.3 Å². The molecule has 4 N–H and O–H groups in total. The van der Waals surface area contributed by atoms with Gasteiger partial charge >= 0.3 is 0 Å². The molecule has 0 saturated heterocycles. The third-order valence-corrected chi connectivity index (χ3v) is 4.80. The van der Waals surface area contributed by atoms with Crippen LogP contribution in [-0.2, 0) is 4.79 Å². The number of nitrogen functional groups attached to an aromatic ring is 1. The summed E-state index contributed by atoms with van der Waals surface area (Å²) in [5.41, 5.74) is 6.30. The smallest absolute Gasteiger partial charge is 0.239 e. The molecule has 7 nitrogen and oxygen atoms in total. The van der Waals surface area contributed by atoms with Gasteiger partial charge in [0.25, 0.3) is 0 Å². The number of thioether (sulfide) groups is 1. The molecule has 25 heavy (non-hydrogen) atoms. The Hall–Kier alpha value is -2.53. The van der Waals surface area contributed by atoms with Crippen molar-refractivity contribution in [3.8, 4) is 11.3 Å². The van der Waals surface area contributed by atoms with Crippen molar-refractivity contribution in [2.45, 2.75) is 17.3 Å². The number of anilines is 2. The molecule has 1 aromatic carbocycles. The molecule has 2 aromatic heterocycles. The van der Waals surface area contributed by atoms with Gasteiger partial charge in [-0.3, -0.25) is 4.79 Å². The second-order valence-corrected chi connectivity index (χ2v) is 7.09. The van der Waals surface area contributed by atoms with E-state index >= 15 is 0 Å². The molecule has 1 amide bonds. The number of nitrogens with one attached hydrogen (secondary N) is 2. The number of carbonyl (C=O) groups excluding carboxylic acids is 1. The molecule has 3 aromatic rings. The van der Waals surface area contributed by atoms with Gasteiger partial charge in [0.2, 0.25) is 17.0 Å². The quantitative estimate of drug-likeness (QED) is 0.586. The SMILES string of the molecule is C[C@@H](Sc1n[nH]c(N)n1)C(=O)Nc1nc(-c2ccc(F)c(F)c2)cs1. The number of thiazole rings is 1. The van der Waals surface area contributed by atoms with Gasteiger partial charge in [-0.1, -0.05) is 11.8 Å². The normalized spacial score (nSPS) is 12.1. The lowest BCUT2D eigenvalue weighted by Crippen LogP contribution is -2.22. The Morgan fingerprint density at radius 3 is 2.84 bits per heavy atom. The maximum absolute atomic E-state index is 13.3. The van der Waals surface area contributed by atoms with Crippen molar-refractivity contribution in [1.29, 1.82) is 0 Å². The lowest BCUT2D eigenvalue weighted by atomic mass is 10.2. The molecular weight excluding hydrogens is 370 g/mol. The number of aromatic nitrogens is 4. The van der Waals surface area contributed by atoms with Crippen LogP contribution in [0.1, 0.15) is 6.92 Å². The number of aromatic amines is 1. The fraction of sp³-hybridized carbons (Fsp3) is 0.143. The highest BCUT2D eigenvalue weighted by molar-refractivity contribution is 8.00. The molecule has 0 spiro atoms. The van der Waals surface area contributed by atoms with Crippen LogP contribution in [0.15, 0.2) is 28.7 Å². The van der Waals surface area contributed by atoms with Crippen molar-refractivity contribution in [2.24, 2.45) is 0 Å². The van der Waals surface area contributed by atoms with Crippen LogP contribution < -0.4 is 11.1 Å². The topological polar surface area (TPSA) is 110 Å². The maximum Gasteiger partial charge on any atom is 0.239 e. The zero-order valence-corrected chi connectivity index (χ0v) is 14.4. The Bertz CT molecular complexity index is 912. The number of amides is 1. The van der Waals surface area contributed by atoms with Crippen molar-refractivity contribution >= 4 is 40.1 Å². The average Bonchev–Trinajstić information content (AvgIpc) is 3.19. The summed E-state index contributed by atoms with van der Waals surface area (Å²) in [6, 6.07) is 3.51. The maximum atomic E-state index is 13.3. The van der Waals surface area contributed by atoms with Gasteiger partial charge in [0, 0.05) is 10.9 Å². The number of rotatable bonds is 5. The highest BCUT2D eigenvalue weighted by Gasteiger charge is 2.18. The first kappa shape index (κ1) is 17.3. The van der Waals surface area contributed by atoms with Gasteiger partial charge in [-0.25, -0.2) is 18.9 Å². The molecule has 0 aliphatic rings. The van der Waals surface area contributed by atoms with Crippen LogP contribution in [0.3, 0.4) is 0 Å². The fourth-order valence-electron chi connectivity index (χ4n) is 1.85. The Balaban J connectivity index is 1.66. The van der Waals surface area contributed by atoms with Crippen LogP contribution in [0.4, 0.5) is 19.9 Å². The minimum atomic E-state index is -0.952. The van der Waals surface area contributed by atoms with E-state index in [1.165, 1.54) is 17.4 Å². The standard InChI is InChI=1S/C14H12F2N6OS2/c1-6(25-14-20-12(17)21-22-14)11(23)19-13-18-10(5-24-13)7-2-3-8(15)9(16)4-7/h2-6H,1H3,(H,18,19,23)(H3,17,20,21,22)/t6-/m1/s1. The zero-order valence-electron chi connectivity index (χ0n) is 12.8. The van der Waals surface area contributed by atoms with Gasteiger partial charge in [-0.2, -0.15) is 4.98 Å². The van der Waals surface area contributed by atoms with Crippen LogP contribution in [-0.4, -0.2) is 31.3 Å². The molecule has 0 radical (unpaired) electrons. The van der Waals surface area contributed by atoms with Crippen molar-refractivity contribution in [3.05, 3.63) is 35.2 Å². The monoisotopic (exact) mass is 382 g/mol. The van der Waals surface area contributed by atoms with Gasteiger partial charge in [0.1, 0.15) is 0 Å². The van der Waals surface area contributed by atoms with Crippen molar-refractivity contribution in [2.75, 3.05) is 11.1 Å². The van der Waals surface area contributed by atoms with Crippen LogP contribution >= 0.6 is 23.1 Å². The second-order valence-electron chi connectivity index (χ2n) is 4.92. The fourth-order valence-corrected chi connectivity index (χ4v) is 3.30. The molecule has 0 aliphatic carbocycles. The molecule has 130 valence electrons. The second kappa shape index (κ2) is 7.15. The highest BCUT2D eigenvalue weighted by atomic mass is 32.2. The van der Waals surface area contributed by atoms with Crippen LogP contribution in [0.2, 0.25) is 0 Å².